The van der Waals surface area contributed by atoms with Gasteiger partial charge >= 0.3 is 29.4 Å². The van der Waals surface area contributed by atoms with E-state index in [1.807, 2.05) is 32.1 Å². The molecule has 1 aromatic heterocycles. The van der Waals surface area contributed by atoms with Gasteiger partial charge in [0.05, 0.1) is 17.2 Å². The van der Waals surface area contributed by atoms with Crippen LogP contribution in [-0.4, -0.2) is 34.6 Å². The first kappa shape index (κ1) is 31.2. The summed E-state index contributed by atoms with van der Waals surface area (Å²) in [7, 11) is 0. The SMILES string of the molecule is O[C@H]([C]1[CH][CH][CH][C]1CN1CCCCC1)c1cc(C(F)(F)F)nc2c(C(F)(F)F)cccc12.[CH]1[CH][CH][CH][CH]1.[Fe+2]. The fraction of sp³-hybridized carbons (Fsp3) is 0.321. The summed E-state index contributed by atoms with van der Waals surface area (Å²) in [5.74, 6) is 1.12. The molecular formula is C28H26F6FeN2O+2. The first-order chi connectivity index (χ1) is 17.6. The average molecular weight is 576 g/mol. The number of rotatable bonds is 4. The van der Waals surface area contributed by atoms with Crippen LogP contribution < -0.4 is 0 Å². The maximum absolute atomic E-state index is 13.5. The Morgan fingerprint density at radius 1 is 0.842 bits per heavy atom. The molecule has 3 fully saturated rings. The molecular weight excluding hydrogens is 550 g/mol. The summed E-state index contributed by atoms with van der Waals surface area (Å²) < 4.78 is 80.9. The fourth-order valence-electron chi connectivity index (χ4n) is 4.60. The molecule has 5 rings (SSSR count). The van der Waals surface area contributed by atoms with E-state index in [2.05, 4.69) is 9.88 Å². The topological polar surface area (TPSA) is 36.4 Å². The molecule has 2 aliphatic carbocycles. The summed E-state index contributed by atoms with van der Waals surface area (Å²) in [5.41, 5.74) is -3.82. The number of para-hydroxylation sites is 1. The largest absolute Gasteiger partial charge is 2.00 e. The van der Waals surface area contributed by atoms with Crippen molar-refractivity contribution in [3.63, 3.8) is 0 Å². The first-order valence-corrected chi connectivity index (χ1v) is 12.0. The van der Waals surface area contributed by atoms with Crippen LogP contribution in [0.5, 0.6) is 0 Å². The maximum atomic E-state index is 13.5. The van der Waals surface area contributed by atoms with Crippen LogP contribution in [0.25, 0.3) is 10.9 Å². The minimum absolute atomic E-state index is 0. The van der Waals surface area contributed by atoms with Crippen molar-refractivity contribution < 1.29 is 48.5 Å². The van der Waals surface area contributed by atoms with Crippen LogP contribution in [0.1, 0.15) is 42.2 Å². The molecule has 1 saturated heterocycles. The van der Waals surface area contributed by atoms with Crippen molar-refractivity contribution >= 4 is 10.9 Å². The molecule has 1 atom stereocenters. The zero-order valence-electron chi connectivity index (χ0n) is 20.2. The van der Waals surface area contributed by atoms with E-state index in [-0.39, 0.29) is 28.0 Å². The second-order valence-corrected chi connectivity index (χ2v) is 9.00. The van der Waals surface area contributed by atoms with Crippen molar-refractivity contribution in [2.24, 2.45) is 0 Å². The van der Waals surface area contributed by atoms with E-state index < -0.39 is 35.2 Å². The van der Waals surface area contributed by atoms with Crippen LogP contribution in [0.4, 0.5) is 26.3 Å². The van der Waals surface area contributed by atoms with Crippen molar-refractivity contribution in [2.45, 2.75) is 37.7 Å². The number of aromatic nitrogens is 1. The van der Waals surface area contributed by atoms with Gasteiger partial charge in [-0.3, -0.25) is 0 Å². The Balaban J connectivity index is 0.000000598. The molecule has 2 aromatic rings. The molecule has 2 heterocycles. The summed E-state index contributed by atoms with van der Waals surface area (Å²) >= 11 is 0. The van der Waals surface area contributed by atoms with Gasteiger partial charge in [-0.2, -0.15) is 26.3 Å². The van der Waals surface area contributed by atoms with Gasteiger partial charge < -0.3 is 10.0 Å². The van der Waals surface area contributed by atoms with E-state index in [9.17, 15) is 31.4 Å². The Bertz CT molecular complexity index is 1030. The summed E-state index contributed by atoms with van der Waals surface area (Å²) in [6.45, 7) is 2.28. The van der Waals surface area contributed by atoms with Gasteiger partial charge in [-0.25, -0.2) is 4.98 Å². The van der Waals surface area contributed by atoms with Gasteiger partial charge in [-0.1, -0.05) is 18.6 Å². The second-order valence-electron chi connectivity index (χ2n) is 9.00. The van der Waals surface area contributed by atoms with Crippen LogP contribution in [0.15, 0.2) is 24.3 Å². The molecule has 10 heteroatoms. The average Bonchev–Trinajstić information content (AvgIpc) is 3.58. The van der Waals surface area contributed by atoms with Crippen molar-refractivity contribution in [3.05, 3.63) is 104 Å². The minimum Gasteiger partial charge on any atom is -0.388 e. The number of benzene rings is 1. The van der Waals surface area contributed by atoms with Crippen LogP contribution in [0.3, 0.4) is 0 Å². The van der Waals surface area contributed by atoms with E-state index in [0.717, 1.165) is 44.3 Å². The van der Waals surface area contributed by atoms with E-state index >= 15 is 0 Å². The molecule has 1 aromatic carbocycles. The van der Waals surface area contributed by atoms with Crippen LogP contribution in [0, 0.1) is 63.2 Å². The Morgan fingerprint density at radius 2 is 1.47 bits per heavy atom. The molecule has 0 amide bonds. The first-order valence-electron chi connectivity index (χ1n) is 12.0. The number of pyridine rings is 1. The Kier molecular flexibility index (Phi) is 10.9. The normalized spacial score (nSPS) is 20.7. The third kappa shape index (κ3) is 7.64. The molecule has 10 radical (unpaired) electrons. The zero-order valence-corrected chi connectivity index (χ0v) is 21.3. The van der Waals surface area contributed by atoms with E-state index in [1.165, 1.54) is 6.07 Å². The van der Waals surface area contributed by atoms with Crippen molar-refractivity contribution in [2.75, 3.05) is 19.6 Å². The van der Waals surface area contributed by atoms with Gasteiger partial charge in [-0.15, -0.1) is 0 Å². The maximum Gasteiger partial charge on any atom is 2.00 e. The number of aliphatic hydroxyl groups is 1. The smallest absolute Gasteiger partial charge is 0.388 e. The third-order valence-corrected chi connectivity index (χ3v) is 6.40. The number of alkyl halides is 6. The molecule has 3 aliphatic rings. The molecule has 1 aliphatic heterocycles. The van der Waals surface area contributed by atoms with Gasteiger partial charge in [0.1, 0.15) is 5.69 Å². The monoisotopic (exact) mass is 576 g/mol. The van der Waals surface area contributed by atoms with E-state index in [0.29, 0.717) is 24.6 Å². The van der Waals surface area contributed by atoms with E-state index in [1.54, 1.807) is 19.3 Å². The molecule has 3 nitrogen and oxygen atoms in total. The minimum atomic E-state index is -4.97. The Labute approximate surface area is 230 Å². The van der Waals surface area contributed by atoms with Gasteiger partial charge in [0.2, 0.25) is 0 Å². The van der Waals surface area contributed by atoms with Crippen molar-refractivity contribution in [1.82, 2.24) is 9.88 Å². The zero-order chi connectivity index (χ0) is 26.6. The van der Waals surface area contributed by atoms with Gasteiger partial charge in [0.25, 0.3) is 0 Å². The third-order valence-electron chi connectivity index (χ3n) is 6.40. The molecule has 1 N–H and O–H groups in total. The van der Waals surface area contributed by atoms with Gasteiger partial charge in [-0.05, 0) is 95.0 Å². The molecule has 202 valence electrons. The molecule has 0 spiro atoms. The van der Waals surface area contributed by atoms with Gasteiger partial charge in [0, 0.05) is 23.8 Å². The number of likely N-dealkylation sites (tertiary alicyclic amines) is 1. The predicted octanol–water partition coefficient (Wildman–Crippen LogP) is 6.59. The number of aliphatic hydroxyl groups excluding tert-OH is 1. The standard InChI is InChI=1S/C23H21F6N2O.C5H5.Fe/c24-22(25,26)18-9-5-8-16-17(12-19(23(27,28)29)30-20(16)18)21(32)15-7-4-6-14(15)13-31-10-2-1-3-11-31;1-2-4-5-3-1;/h4-9,12,21,32H,1-3,10-11,13H2;1-5H;/q;;+2/t21-;;/m1../s1. The quantitative estimate of drug-likeness (QED) is 0.330. The van der Waals surface area contributed by atoms with Crippen LogP contribution in [0.2, 0.25) is 0 Å². The fourth-order valence-corrected chi connectivity index (χ4v) is 4.60. The van der Waals surface area contributed by atoms with Crippen LogP contribution >= 0.6 is 0 Å². The predicted molar refractivity (Wildman–Crippen MR) is 128 cm³/mol. The number of nitrogens with zero attached hydrogens (tertiary/aromatic N) is 2. The molecule has 0 unspecified atom stereocenters. The van der Waals surface area contributed by atoms with Crippen LogP contribution in [-0.2, 0) is 29.4 Å². The Morgan fingerprint density at radius 3 is 2.05 bits per heavy atom. The second kappa shape index (κ2) is 13.3. The molecule has 2 saturated carbocycles. The van der Waals surface area contributed by atoms with Crippen molar-refractivity contribution in [1.29, 1.82) is 0 Å². The molecule has 38 heavy (non-hydrogen) atoms. The van der Waals surface area contributed by atoms with Crippen molar-refractivity contribution in [3.8, 4) is 0 Å². The number of piperidine rings is 1. The Hall–Kier alpha value is -1.35. The summed E-state index contributed by atoms with van der Waals surface area (Å²) in [4.78, 5) is 5.49. The summed E-state index contributed by atoms with van der Waals surface area (Å²) in [6.07, 6.45) is 6.90. The summed E-state index contributed by atoms with van der Waals surface area (Å²) in [6, 6.07) is 3.69. The van der Waals surface area contributed by atoms with Gasteiger partial charge in [0.15, 0.2) is 0 Å². The number of hydrogen-bond acceptors (Lipinski definition) is 3. The van der Waals surface area contributed by atoms with E-state index in [4.69, 9.17) is 0 Å². The summed E-state index contributed by atoms with van der Waals surface area (Å²) in [5, 5.41) is 10.9. The number of fused-ring (bicyclic) bond motifs is 1. The molecule has 0 bridgehead atoms. The number of hydrogen-bond donors (Lipinski definition) is 1. The number of halogens is 6.